The lowest BCUT2D eigenvalue weighted by Gasteiger charge is -2.09. The van der Waals surface area contributed by atoms with Gasteiger partial charge >= 0.3 is 0 Å². The second-order valence-electron chi connectivity index (χ2n) is 4.04. The number of rotatable bonds is 3. The number of hydrogen-bond acceptors (Lipinski definition) is 1. The number of benzene rings is 2. The van der Waals surface area contributed by atoms with Crippen molar-refractivity contribution >= 4 is 21.6 Å². The standard InChI is InChI=1S/C14H12BrF2N/c1-9-2-4-10(5-3-9)18-8-11-13(16)7-6-12(15)14(11)17/h2-7,18H,8H2,1H3. The molecule has 0 saturated carbocycles. The smallest absolute Gasteiger partial charge is 0.145 e. The van der Waals surface area contributed by atoms with E-state index >= 15 is 0 Å². The molecule has 0 aliphatic heterocycles. The number of aryl methyl sites for hydroxylation is 1. The first kappa shape index (κ1) is 13.0. The minimum Gasteiger partial charge on any atom is -0.381 e. The van der Waals surface area contributed by atoms with E-state index in [1.807, 2.05) is 31.2 Å². The molecule has 4 heteroatoms. The molecule has 0 spiro atoms. The molecule has 18 heavy (non-hydrogen) atoms. The molecule has 0 unspecified atom stereocenters. The van der Waals surface area contributed by atoms with Crippen molar-refractivity contribution in [2.75, 3.05) is 5.32 Å². The molecular formula is C14H12BrF2N. The molecule has 2 aromatic rings. The third-order valence-corrected chi connectivity index (χ3v) is 3.27. The highest BCUT2D eigenvalue weighted by atomic mass is 79.9. The van der Waals surface area contributed by atoms with E-state index in [2.05, 4.69) is 21.2 Å². The van der Waals surface area contributed by atoms with Gasteiger partial charge in [-0.15, -0.1) is 0 Å². The van der Waals surface area contributed by atoms with Crippen molar-refractivity contribution in [3.63, 3.8) is 0 Å². The Hall–Kier alpha value is -1.42. The summed E-state index contributed by atoms with van der Waals surface area (Å²) >= 11 is 3.05. The Bertz CT molecular complexity index is 552. The van der Waals surface area contributed by atoms with Gasteiger partial charge in [0.1, 0.15) is 11.6 Å². The predicted molar refractivity (Wildman–Crippen MR) is 72.6 cm³/mol. The van der Waals surface area contributed by atoms with E-state index in [0.717, 1.165) is 11.3 Å². The Morgan fingerprint density at radius 1 is 1.06 bits per heavy atom. The summed E-state index contributed by atoms with van der Waals surface area (Å²) in [5.74, 6) is -1.11. The van der Waals surface area contributed by atoms with E-state index in [4.69, 9.17) is 0 Å². The van der Waals surface area contributed by atoms with Crippen molar-refractivity contribution in [1.82, 2.24) is 0 Å². The fourth-order valence-corrected chi connectivity index (χ4v) is 1.96. The average Bonchev–Trinajstić information content (AvgIpc) is 2.36. The van der Waals surface area contributed by atoms with Crippen molar-refractivity contribution in [3.05, 3.63) is 63.6 Å². The molecule has 0 aromatic heterocycles. The van der Waals surface area contributed by atoms with E-state index < -0.39 is 11.6 Å². The van der Waals surface area contributed by atoms with Gasteiger partial charge in [-0.05, 0) is 47.1 Å². The zero-order chi connectivity index (χ0) is 13.1. The number of hydrogen-bond donors (Lipinski definition) is 1. The highest BCUT2D eigenvalue weighted by Gasteiger charge is 2.11. The number of halogens is 3. The van der Waals surface area contributed by atoms with E-state index in [0.29, 0.717) is 0 Å². The number of anilines is 1. The van der Waals surface area contributed by atoms with Gasteiger partial charge in [-0.2, -0.15) is 0 Å². The molecule has 2 rings (SSSR count). The molecule has 0 radical (unpaired) electrons. The van der Waals surface area contributed by atoms with Crippen molar-refractivity contribution in [2.24, 2.45) is 0 Å². The molecule has 0 atom stereocenters. The summed E-state index contributed by atoms with van der Waals surface area (Å²) in [5, 5.41) is 3.00. The monoisotopic (exact) mass is 311 g/mol. The van der Waals surface area contributed by atoms with Gasteiger partial charge in [-0.1, -0.05) is 17.7 Å². The molecule has 1 N–H and O–H groups in total. The quantitative estimate of drug-likeness (QED) is 0.814. The largest absolute Gasteiger partial charge is 0.381 e. The lowest BCUT2D eigenvalue weighted by atomic mass is 10.2. The van der Waals surface area contributed by atoms with Gasteiger partial charge in [-0.25, -0.2) is 8.78 Å². The maximum absolute atomic E-state index is 13.7. The zero-order valence-corrected chi connectivity index (χ0v) is 11.4. The van der Waals surface area contributed by atoms with E-state index in [-0.39, 0.29) is 16.6 Å². The first-order chi connectivity index (χ1) is 8.58. The second-order valence-corrected chi connectivity index (χ2v) is 4.90. The molecule has 0 fully saturated rings. The summed E-state index contributed by atoms with van der Waals surface area (Å²) in [6.45, 7) is 2.09. The van der Waals surface area contributed by atoms with Gasteiger partial charge in [0.2, 0.25) is 0 Å². The summed E-state index contributed by atoms with van der Waals surface area (Å²) < 4.78 is 27.5. The minimum atomic E-state index is -0.561. The summed E-state index contributed by atoms with van der Waals surface area (Å²) in [7, 11) is 0. The van der Waals surface area contributed by atoms with Gasteiger partial charge in [0.05, 0.1) is 4.47 Å². The molecule has 0 bridgehead atoms. The first-order valence-corrected chi connectivity index (χ1v) is 6.30. The molecular weight excluding hydrogens is 300 g/mol. The first-order valence-electron chi connectivity index (χ1n) is 5.51. The average molecular weight is 312 g/mol. The third kappa shape index (κ3) is 2.88. The van der Waals surface area contributed by atoms with Crippen LogP contribution in [0.2, 0.25) is 0 Å². The van der Waals surface area contributed by atoms with Crippen LogP contribution in [0.1, 0.15) is 11.1 Å². The SMILES string of the molecule is Cc1ccc(NCc2c(F)ccc(Br)c2F)cc1. The molecule has 0 amide bonds. The maximum atomic E-state index is 13.7. The second kappa shape index (κ2) is 5.48. The van der Waals surface area contributed by atoms with E-state index in [1.165, 1.54) is 12.1 Å². The summed E-state index contributed by atoms with van der Waals surface area (Å²) in [5.41, 5.74) is 2.00. The van der Waals surface area contributed by atoms with Crippen LogP contribution in [0.3, 0.4) is 0 Å². The van der Waals surface area contributed by atoms with Crippen LogP contribution in [0.25, 0.3) is 0 Å². The van der Waals surface area contributed by atoms with Crippen molar-refractivity contribution in [1.29, 1.82) is 0 Å². The lowest BCUT2D eigenvalue weighted by molar-refractivity contribution is 0.555. The zero-order valence-electron chi connectivity index (χ0n) is 9.81. The Morgan fingerprint density at radius 3 is 2.39 bits per heavy atom. The predicted octanol–water partition coefficient (Wildman–Crippen LogP) is 4.65. The molecule has 94 valence electrons. The van der Waals surface area contributed by atoms with Crippen LogP contribution in [0.5, 0.6) is 0 Å². The van der Waals surface area contributed by atoms with E-state index in [1.54, 1.807) is 0 Å². The van der Waals surface area contributed by atoms with Crippen LogP contribution in [0.4, 0.5) is 14.5 Å². The van der Waals surface area contributed by atoms with Crippen LogP contribution >= 0.6 is 15.9 Å². The molecule has 0 aliphatic rings. The molecule has 0 aliphatic carbocycles. The van der Waals surface area contributed by atoms with E-state index in [9.17, 15) is 8.78 Å². The summed E-state index contributed by atoms with van der Waals surface area (Å²) in [4.78, 5) is 0. The fraction of sp³-hybridized carbons (Fsp3) is 0.143. The topological polar surface area (TPSA) is 12.0 Å². The van der Waals surface area contributed by atoms with Gasteiger partial charge in [0, 0.05) is 17.8 Å². The summed E-state index contributed by atoms with van der Waals surface area (Å²) in [6.07, 6.45) is 0. The Morgan fingerprint density at radius 2 is 1.72 bits per heavy atom. The Balaban J connectivity index is 2.15. The van der Waals surface area contributed by atoms with Crippen molar-refractivity contribution in [3.8, 4) is 0 Å². The van der Waals surface area contributed by atoms with Crippen LogP contribution in [0, 0.1) is 18.6 Å². The van der Waals surface area contributed by atoms with Crippen LogP contribution in [0.15, 0.2) is 40.9 Å². The maximum Gasteiger partial charge on any atom is 0.145 e. The Kier molecular flexibility index (Phi) is 3.97. The highest BCUT2D eigenvalue weighted by molar-refractivity contribution is 9.10. The fourth-order valence-electron chi connectivity index (χ4n) is 1.59. The van der Waals surface area contributed by atoms with Crippen LogP contribution in [-0.2, 0) is 6.54 Å². The van der Waals surface area contributed by atoms with Crippen LogP contribution < -0.4 is 5.32 Å². The molecule has 0 heterocycles. The lowest BCUT2D eigenvalue weighted by Crippen LogP contribution is -2.05. The minimum absolute atomic E-state index is 0.0324. The third-order valence-electron chi connectivity index (χ3n) is 2.66. The molecule has 0 saturated heterocycles. The molecule has 1 nitrogen and oxygen atoms in total. The number of nitrogens with one attached hydrogen (secondary N) is 1. The van der Waals surface area contributed by atoms with Crippen LogP contribution in [-0.4, -0.2) is 0 Å². The highest BCUT2D eigenvalue weighted by Crippen LogP contribution is 2.22. The van der Waals surface area contributed by atoms with Crippen molar-refractivity contribution in [2.45, 2.75) is 13.5 Å². The normalized spacial score (nSPS) is 10.4. The van der Waals surface area contributed by atoms with Gasteiger partial charge in [-0.3, -0.25) is 0 Å². The van der Waals surface area contributed by atoms with Gasteiger partial charge in [0.15, 0.2) is 0 Å². The Labute approximate surface area is 113 Å². The molecule has 2 aromatic carbocycles. The van der Waals surface area contributed by atoms with Crippen molar-refractivity contribution < 1.29 is 8.78 Å². The van der Waals surface area contributed by atoms with Gasteiger partial charge in [0.25, 0.3) is 0 Å². The van der Waals surface area contributed by atoms with Gasteiger partial charge < -0.3 is 5.32 Å². The summed E-state index contributed by atoms with van der Waals surface area (Å²) in [6, 6.07) is 10.2.